The van der Waals surface area contributed by atoms with Crippen molar-refractivity contribution >= 4 is 11.8 Å². The van der Waals surface area contributed by atoms with Crippen molar-refractivity contribution in [1.82, 2.24) is 0 Å². The number of rotatable bonds is 21. The van der Waals surface area contributed by atoms with Crippen LogP contribution in [0.15, 0.2) is 11.0 Å². The number of thioether (sulfide) groups is 1. The molecule has 0 saturated heterocycles. The molecule has 0 aliphatic rings. The van der Waals surface area contributed by atoms with Crippen LogP contribution in [0.4, 0.5) is 0 Å². The van der Waals surface area contributed by atoms with Crippen molar-refractivity contribution < 1.29 is 9.47 Å². The molecule has 0 N–H and O–H groups in total. The molecule has 3 heteroatoms. The summed E-state index contributed by atoms with van der Waals surface area (Å²) in [5.41, 5.74) is 0. The summed E-state index contributed by atoms with van der Waals surface area (Å²) in [6, 6.07) is 0. The fourth-order valence-electron chi connectivity index (χ4n) is 2.94. The van der Waals surface area contributed by atoms with Crippen LogP contribution in [0.2, 0.25) is 0 Å². The Kier molecular flexibility index (Phi) is 22.3. The van der Waals surface area contributed by atoms with Gasteiger partial charge in [-0.15, -0.1) is 11.8 Å². The second-order valence-corrected chi connectivity index (χ2v) is 8.80. The number of hydrogen-bond acceptors (Lipinski definition) is 3. The van der Waals surface area contributed by atoms with Crippen LogP contribution in [-0.4, -0.2) is 32.2 Å². The molecule has 2 nitrogen and oxygen atoms in total. The van der Waals surface area contributed by atoms with Gasteiger partial charge >= 0.3 is 0 Å². The van der Waals surface area contributed by atoms with E-state index < -0.39 is 0 Å². The maximum Gasteiger partial charge on any atom is 0.0511 e. The highest BCUT2D eigenvalue weighted by Gasteiger charge is 2.06. The van der Waals surface area contributed by atoms with E-state index in [0.717, 1.165) is 45.2 Å². The van der Waals surface area contributed by atoms with Gasteiger partial charge in [0.25, 0.3) is 0 Å². The number of hydrogen-bond donors (Lipinski definition) is 0. The van der Waals surface area contributed by atoms with Crippen molar-refractivity contribution in [2.45, 2.75) is 105 Å². The van der Waals surface area contributed by atoms with Crippen molar-refractivity contribution in [2.75, 3.05) is 32.2 Å². The van der Waals surface area contributed by atoms with Gasteiger partial charge < -0.3 is 9.47 Å². The molecule has 0 bridgehead atoms. The highest BCUT2D eigenvalue weighted by Crippen LogP contribution is 2.22. The number of ether oxygens (including phenoxy) is 2. The topological polar surface area (TPSA) is 18.5 Å². The zero-order chi connectivity index (χ0) is 20.0. The van der Waals surface area contributed by atoms with Crippen molar-refractivity contribution in [3.63, 3.8) is 0 Å². The van der Waals surface area contributed by atoms with Crippen molar-refractivity contribution in [2.24, 2.45) is 5.92 Å². The molecule has 1 unspecified atom stereocenters. The average molecular weight is 401 g/mol. The Bertz CT molecular complexity index is 318. The molecular weight excluding hydrogens is 352 g/mol. The smallest absolute Gasteiger partial charge is 0.0511 e. The standard InChI is InChI=1S/C24H48O2S/c1-5-9-12-13-18-25-19-14-16-24(27-21-11-7-3)17-20-26-22-23(8-4)15-10-6-2/h16,23H,5-15,17-22H2,1-4H3. The molecule has 0 aliphatic heterocycles. The summed E-state index contributed by atoms with van der Waals surface area (Å²) < 4.78 is 11.8. The van der Waals surface area contributed by atoms with Gasteiger partial charge in [-0.05, 0) is 42.3 Å². The molecule has 0 aromatic carbocycles. The number of unbranched alkanes of at least 4 members (excludes halogenated alkanes) is 5. The van der Waals surface area contributed by atoms with E-state index in [4.69, 9.17) is 9.47 Å². The summed E-state index contributed by atoms with van der Waals surface area (Å²) in [6.45, 7) is 12.7. The molecule has 0 aromatic rings. The van der Waals surface area contributed by atoms with E-state index in [9.17, 15) is 0 Å². The van der Waals surface area contributed by atoms with E-state index in [-0.39, 0.29) is 0 Å². The lowest BCUT2D eigenvalue weighted by molar-refractivity contribution is 0.0970. The van der Waals surface area contributed by atoms with Crippen LogP contribution in [0.3, 0.4) is 0 Å². The Morgan fingerprint density at radius 3 is 2.30 bits per heavy atom. The summed E-state index contributed by atoms with van der Waals surface area (Å²) in [5.74, 6) is 1.97. The normalized spacial score (nSPS) is 13.3. The van der Waals surface area contributed by atoms with Gasteiger partial charge in [0, 0.05) is 19.6 Å². The van der Waals surface area contributed by atoms with Crippen LogP contribution in [0, 0.1) is 5.92 Å². The third-order valence-electron chi connectivity index (χ3n) is 4.95. The summed E-state index contributed by atoms with van der Waals surface area (Å²) in [6.07, 6.45) is 17.4. The van der Waals surface area contributed by atoms with E-state index in [0.29, 0.717) is 0 Å². The first kappa shape index (κ1) is 27.0. The van der Waals surface area contributed by atoms with Crippen LogP contribution in [-0.2, 0) is 9.47 Å². The molecule has 0 amide bonds. The molecule has 0 fully saturated rings. The molecule has 27 heavy (non-hydrogen) atoms. The highest BCUT2D eigenvalue weighted by atomic mass is 32.2. The predicted molar refractivity (Wildman–Crippen MR) is 124 cm³/mol. The molecule has 1 atom stereocenters. The van der Waals surface area contributed by atoms with Gasteiger partial charge in [-0.2, -0.15) is 0 Å². The minimum absolute atomic E-state index is 0.742. The van der Waals surface area contributed by atoms with Crippen molar-refractivity contribution in [3.05, 3.63) is 11.0 Å². The Morgan fingerprint density at radius 2 is 1.59 bits per heavy atom. The van der Waals surface area contributed by atoms with E-state index in [2.05, 4.69) is 33.8 Å². The van der Waals surface area contributed by atoms with Gasteiger partial charge in [0.2, 0.25) is 0 Å². The SMILES string of the molecule is CCCCCCOCCC=C(CCOCC(CC)CCCC)SCCCC. The fourth-order valence-corrected chi connectivity index (χ4v) is 4.10. The Morgan fingerprint density at radius 1 is 0.815 bits per heavy atom. The van der Waals surface area contributed by atoms with Crippen LogP contribution in [0.5, 0.6) is 0 Å². The fraction of sp³-hybridized carbons (Fsp3) is 0.917. The molecule has 0 aliphatic carbocycles. The van der Waals surface area contributed by atoms with Crippen molar-refractivity contribution in [3.8, 4) is 0 Å². The first-order valence-electron chi connectivity index (χ1n) is 11.8. The first-order valence-corrected chi connectivity index (χ1v) is 12.7. The zero-order valence-corrected chi connectivity index (χ0v) is 19.7. The largest absolute Gasteiger partial charge is 0.381 e. The molecular formula is C24H48O2S. The molecule has 0 rings (SSSR count). The lowest BCUT2D eigenvalue weighted by atomic mass is 10.0. The Hall–Kier alpha value is 0.01000. The molecule has 0 radical (unpaired) electrons. The van der Waals surface area contributed by atoms with Crippen LogP contribution in [0.25, 0.3) is 0 Å². The van der Waals surface area contributed by atoms with Crippen LogP contribution >= 0.6 is 11.8 Å². The minimum Gasteiger partial charge on any atom is -0.381 e. The van der Waals surface area contributed by atoms with Gasteiger partial charge in [0.1, 0.15) is 0 Å². The molecule has 0 aromatic heterocycles. The van der Waals surface area contributed by atoms with Gasteiger partial charge in [-0.25, -0.2) is 0 Å². The van der Waals surface area contributed by atoms with E-state index in [1.165, 1.54) is 74.9 Å². The van der Waals surface area contributed by atoms with Crippen molar-refractivity contribution in [1.29, 1.82) is 0 Å². The molecule has 0 heterocycles. The van der Waals surface area contributed by atoms with Gasteiger partial charge in [0.15, 0.2) is 0 Å². The highest BCUT2D eigenvalue weighted by molar-refractivity contribution is 8.03. The quantitative estimate of drug-likeness (QED) is 0.182. The lowest BCUT2D eigenvalue weighted by Gasteiger charge is -2.15. The summed E-state index contributed by atoms with van der Waals surface area (Å²) in [5, 5.41) is 0. The molecule has 162 valence electrons. The van der Waals surface area contributed by atoms with Crippen LogP contribution < -0.4 is 0 Å². The Labute approximate surface area is 175 Å². The van der Waals surface area contributed by atoms with E-state index >= 15 is 0 Å². The second-order valence-electron chi connectivity index (χ2n) is 7.58. The zero-order valence-electron chi connectivity index (χ0n) is 18.9. The van der Waals surface area contributed by atoms with E-state index in [1.54, 1.807) is 0 Å². The molecule has 0 saturated carbocycles. The third-order valence-corrected chi connectivity index (χ3v) is 6.19. The summed E-state index contributed by atoms with van der Waals surface area (Å²) >= 11 is 2.03. The third kappa shape index (κ3) is 19.1. The first-order chi connectivity index (χ1) is 13.3. The maximum absolute atomic E-state index is 6.02. The lowest BCUT2D eigenvalue weighted by Crippen LogP contribution is -2.10. The maximum atomic E-state index is 6.02. The van der Waals surface area contributed by atoms with E-state index in [1.807, 2.05) is 11.8 Å². The minimum atomic E-state index is 0.742. The van der Waals surface area contributed by atoms with Gasteiger partial charge in [0.05, 0.1) is 13.2 Å². The molecule has 0 spiro atoms. The summed E-state index contributed by atoms with van der Waals surface area (Å²) in [7, 11) is 0. The Balaban J connectivity index is 4.00. The van der Waals surface area contributed by atoms with Crippen LogP contribution in [0.1, 0.15) is 105 Å². The second kappa shape index (κ2) is 22.3. The average Bonchev–Trinajstić information content (AvgIpc) is 2.69. The monoisotopic (exact) mass is 400 g/mol. The summed E-state index contributed by atoms with van der Waals surface area (Å²) in [4.78, 5) is 1.50. The van der Waals surface area contributed by atoms with Gasteiger partial charge in [-0.1, -0.05) is 78.7 Å². The predicted octanol–water partition coefficient (Wildman–Crippen LogP) is 8.01. The van der Waals surface area contributed by atoms with Gasteiger partial charge in [-0.3, -0.25) is 0 Å².